The molecule has 1 aromatic heterocycles. The van der Waals surface area contributed by atoms with Crippen molar-refractivity contribution in [3.63, 3.8) is 0 Å². The lowest BCUT2D eigenvalue weighted by Gasteiger charge is -2.23. The molecule has 0 bridgehead atoms. The summed E-state index contributed by atoms with van der Waals surface area (Å²) in [5, 5.41) is 10.1. The van der Waals surface area contributed by atoms with Crippen molar-refractivity contribution in [2.75, 3.05) is 5.32 Å². The van der Waals surface area contributed by atoms with E-state index in [1.165, 1.54) is 6.42 Å². The van der Waals surface area contributed by atoms with Crippen molar-refractivity contribution in [3.8, 4) is 11.3 Å². The summed E-state index contributed by atoms with van der Waals surface area (Å²) in [6, 6.07) is 8.91. The summed E-state index contributed by atoms with van der Waals surface area (Å²) in [7, 11) is 1.88. The van der Waals surface area contributed by atoms with Crippen LogP contribution >= 0.6 is 0 Å². The van der Waals surface area contributed by atoms with Crippen LogP contribution in [0, 0.1) is 5.92 Å². The van der Waals surface area contributed by atoms with Gasteiger partial charge in [0.05, 0.1) is 5.69 Å². The molecule has 26 heavy (non-hydrogen) atoms. The van der Waals surface area contributed by atoms with Gasteiger partial charge in [0.25, 0.3) is 0 Å². The molecule has 1 fully saturated rings. The molecule has 0 radical (unpaired) electrons. The second-order valence-corrected chi connectivity index (χ2v) is 7.01. The molecular weight excluding hydrogens is 328 g/mol. The second-order valence-electron chi connectivity index (χ2n) is 7.01. The summed E-state index contributed by atoms with van der Waals surface area (Å²) in [5.41, 5.74) is 2.58. The standard InChI is InChI=1S/C20H26N4O2/c1-14(21-20(26)16-6-4-3-5-7-16)19(25)22-17-10-8-15(9-11-17)18-12-13-24(2)23-18/h8-14,16H,3-7H2,1-2H3,(H,21,26)(H,22,25)/t14-/m1/s1. The minimum Gasteiger partial charge on any atom is -0.344 e. The predicted molar refractivity (Wildman–Crippen MR) is 101 cm³/mol. The number of carbonyl (C=O) groups excluding carboxylic acids is 2. The van der Waals surface area contributed by atoms with Crippen LogP contribution in [0.25, 0.3) is 11.3 Å². The van der Waals surface area contributed by atoms with E-state index in [9.17, 15) is 9.59 Å². The molecule has 1 aliphatic carbocycles. The molecular formula is C20H26N4O2. The molecule has 2 N–H and O–H groups in total. The first-order valence-corrected chi connectivity index (χ1v) is 9.24. The molecule has 3 rings (SSSR count). The molecule has 2 aromatic rings. The molecule has 0 unspecified atom stereocenters. The van der Waals surface area contributed by atoms with Crippen LogP contribution in [0.1, 0.15) is 39.0 Å². The van der Waals surface area contributed by atoms with Gasteiger partial charge in [-0.05, 0) is 38.0 Å². The van der Waals surface area contributed by atoms with Gasteiger partial charge in [-0.3, -0.25) is 14.3 Å². The quantitative estimate of drug-likeness (QED) is 0.866. The van der Waals surface area contributed by atoms with Crippen molar-refractivity contribution >= 4 is 17.5 Å². The number of rotatable bonds is 5. The SMILES string of the molecule is C[C@@H](NC(=O)C1CCCCC1)C(=O)Nc1ccc(-c2ccn(C)n2)cc1. The van der Waals surface area contributed by atoms with Gasteiger partial charge in [-0.2, -0.15) is 5.10 Å². The van der Waals surface area contributed by atoms with Gasteiger partial charge in [0.1, 0.15) is 6.04 Å². The molecule has 138 valence electrons. The maximum atomic E-state index is 12.3. The van der Waals surface area contributed by atoms with Gasteiger partial charge >= 0.3 is 0 Å². The Bertz CT molecular complexity index is 760. The van der Waals surface area contributed by atoms with Crippen LogP contribution in [0.15, 0.2) is 36.5 Å². The van der Waals surface area contributed by atoms with Gasteiger partial charge in [-0.15, -0.1) is 0 Å². The summed E-state index contributed by atoms with van der Waals surface area (Å²) < 4.78 is 1.75. The highest BCUT2D eigenvalue weighted by molar-refractivity contribution is 5.97. The third kappa shape index (κ3) is 4.50. The molecule has 6 heteroatoms. The van der Waals surface area contributed by atoms with Crippen molar-refractivity contribution in [1.29, 1.82) is 0 Å². The van der Waals surface area contributed by atoms with Crippen molar-refractivity contribution in [2.24, 2.45) is 13.0 Å². The Morgan fingerprint density at radius 3 is 2.42 bits per heavy atom. The molecule has 1 heterocycles. The van der Waals surface area contributed by atoms with E-state index in [2.05, 4.69) is 15.7 Å². The molecule has 1 aromatic carbocycles. The first kappa shape index (κ1) is 18.2. The number of nitrogens with zero attached hydrogens (tertiary/aromatic N) is 2. The minimum absolute atomic E-state index is 0.00199. The average molecular weight is 354 g/mol. The number of amides is 2. The summed E-state index contributed by atoms with van der Waals surface area (Å²) in [6.45, 7) is 1.72. The Balaban J connectivity index is 1.54. The van der Waals surface area contributed by atoms with Crippen LogP contribution in [0.4, 0.5) is 5.69 Å². The van der Waals surface area contributed by atoms with Crippen LogP contribution in [0.2, 0.25) is 0 Å². The zero-order valence-corrected chi connectivity index (χ0v) is 15.4. The second kappa shape index (κ2) is 8.17. The van der Waals surface area contributed by atoms with Gasteiger partial charge in [0, 0.05) is 30.4 Å². The molecule has 6 nitrogen and oxygen atoms in total. The number of aromatic nitrogens is 2. The summed E-state index contributed by atoms with van der Waals surface area (Å²) in [6.07, 6.45) is 7.14. The third-order valence-corrected chi connectivity index (χ3v) is 4.89. The van der Waals surface area contributed by atoms with E-state index in [1.807, 2.05) is 43.6 Å². The zero-order chi connectivity index (χ0) is 18.5. The van der Waals surface area contributed by atoms with E-state index in [-0.39, 0.29) is 17.7 Å². The fourth-order valence-electron chi connectivity index (χ4n) is 3.31. The highest BCUT2D eigenvalue weighted by atomic mass is 16.2. The summed E-state index contributed by atoms with van der Waals surface area (Å²) in [5.74, 6) is -0.158. The van der Waals surface area contributed by atoms with Gasteiger partial charge in [0.2, 0.25) is 11.8 Å². The zero-order valence-electron chi connectivity index (χ0n) is 15.4. The highest BCUT2D eigenvalue weighted by Crippen LogP contribution is 2.24. The molecule has 0 aliphatic heterocycles. The Hall–Kier alpha value is -2.63. The summed E-state index contributed by atoms with van der Waals surface area (Å²) >= 11 is 0. The lowest BCUT2D eigenvalue weighted by molar-refractivity contribution is -0.129. The third-order valence-electron chi connectivity index (χ3n) is 4.89. The fourth-order valence-corrected chi connectivity index (χ4v) is 3.31. The molecule has 1 saturated carbocycles. The van der Waals surface area contributed by atoms with E-state index < -0.39 is 6.04 Å². The van der Waals surface area contributed by atoms with Crippen LogP contribution < -0.4 is 10.6 Å². The molecule has 1 aliphatic rings. The lowest BCUT2D eigenvalue weighted by atomic mass is 9.88. The number of hydrogen-bond donors (Lipinski definition) is 2. The lowest BCUT2D eigenvalue weighted by Crippen LogP contribution is -2.44. The number of anilines is 1. The predicted octanol–water partition coefficient (Wildman–Crippen LogP) is 3.11. The Morgan fingerprint density at radius 2 is 1.81 bits per heavy atom. The normalized spacial score (nSPS) is 16.1. The van der Waals surface area contributed by atoms with Crippen molar-refractivity contribution < 1.29 is 9.59 Å². The van der Waals surface area contributed by atoms with E-state index in [4.69, 9.17) is 0 Å². The maximum Gasteiger partial charge on any atom is 0.246 e. The molecule has 0 spiro atoms. The first-order valence-electron chi connectivity index (χ1n) is 9.24. The molecule has 1 atom stereocenters. The molecule has 2 amide bonds. The van der Waals surface area contributed by atoms with E-state index in [0.717, 1.165) is 36.9 Å². The van der Waals surface area contributed by atoms with Gasteiger partial charge in [-0.25, -0.2) is 0 Å². The Morgan fingerprint density at radius 1 is 1.12 bits per heavy atom. The smallest absolute Gasteiger partial charge is 0.246 e. The molecule has 0 saturated heterocycles. The number of nitrogens with one attached hydrogen (secondary N) is 2. The van der Waals surface area contributed by atoms with Crippen LogP contribution in [-0.4, -0.2) is 27.6 Å². The first-order chi connectivity index (χ1) is 12.5. The maximum absolute atomic E-state index is 12.3. The fraction of sp³-hybridized carbons (Fsp3) is 0.450. The number of benzene rings is 1. The largest absolute Gasteiger partial charge is 0.344 e. The minimum atomic E-state index is -0.556. The Labute approximate surface area is 154 Å². The van der Waals surface area contributed by atoms with Crippen molar-refractivity contribution in [2.45, 2.75) is 45.1 Å². The van der Waals surface area contributed by atoms with Crippen LogP contribution in [0.5, 0.6) is 0 Å². The number of carbonyl (C=O) groups is 2. The van der Waals surface area contributed by atoms with Crippen molar-refractivity contribution in [3.05, 3.63) is 36.5 Å². The van der Waals surface area contributed by atoms with E-state index >= 15 is 0 Å². The van der Waals surface area contributed by atoms with Crippen LogP contribution in [0.3, 0.4) is 0 Å². The van der Waals surface area contributed by atoms with E-state index in [1.54, 1.807) is 11.6 Å². The average Bonchev–Trinajstić information content (AvgIpc) is 3.09. The monoisotopic (exact) mass is 354 g/mol. The highest BCUT2D eigenvalue weighted by Gasteiger charge is 2.24. The number of hydrogen-bond acceptors (Lipinski definition) is 3. The van der Waals surface area contributed by atoms with E-state index in [0.29, 0.717) is 5.69 Å². The van der Waals surface area contributed by atoms with Crippen LogP contribution in [-0.2, 0) is 16.6 Å². The Kier molecular flexibility index (Phi) is 5.71. The van der Waals surface area contributed by atoms with Crippen molar-refractivity contribution in [1.82, 2.24) is 15.1 Å². The number of aryl methyl sites for hydroxylation is 1. The van der Waals surface area contributed by atoms with Gasteiger partial charge in [0.15, 0.2) is 0 Å². The topological polar surface area (TPSA) is 76.0 Å². The van der Waals surface area contributed by atoms with Gasteiger partial charge in [-0.1, -0.05) is 31.4 Å². The summed E-state index contributed by atoms with van der Waals surface area (Å²) in [4.78, 5) is 24.6. The van der Waals surface area contributed by atoms with Gasteiger partial charge < -0.3 is 10.6 Å².